The monoisotopic (exact) mass is 1320 g/mol. The summed E-state index contributed by atoms with van der Waals surface area (Å²) in [5, 5.41) is 11.9. The highest BCUT2D eigenvalue weighted by molar-refractivity contribution is 5.70. The first-order chi connectivity index (χ1) is 46.1. The van der Waals surface area contributed by atoms with Gasteiger partial charge in [-0.05, 0) is 51.4 Å². The number of unbranched alkanes of at least 4 members (excludes halogenated alkanes) is 58. The van der Waals surface area contributed by atoms with Crippen LogP contribution in [0.2, 0.25) is 0 Å². The summed E-state index contributed by atoms with van der Waals surface area (Å²) in [6, 6.07) is 0. The van der Waals surface area contributed by atoms with E-state index in [9.17, 15) is 19.5 Å². The lowest BCUT2D eigenvalue weighted by molar-refractivity contribution is -0.870. The summed E-state index contributed by atoms with van der Waals surface area (Å²) in [4.78, 5) is 37.6. The first-order valence-corrected chi connectivity index (χ1v) is 41.6. The number of carbonyl (C=O) groups excluding carboxylic acids is 3. The van der Waals surface area contributed by atoms with Gasteiger partial charge in [-0.3, -0.25) is 9.59 Å². The lowest BCUT2D eigenvalue weighted by Gasteiger charge is -2.26. The van der Waals surface area contributed by atoms with E-state index in [1.165, 1.54) is 353 Å². The molecule has 0 radical (unpaired) electrons. The van der Waals surface area contributed by atoms with E-state index in [0.717, 1.165) is 51.4 Å². The summed E-state index contributed by atoms with van der Waals surface area (Å²) < 4.78 is 22.9. The van der Waals surface area contributed by atoms with Crippen molar-refractivity contribution in [3.05, 3.63) is 36.5 Å². The number of hydrogen-bond acceptors (Lipinski definition) is 8. The van der Waals surface area contributed by atoms with Gasteiger partial charge in [0.25, 0.3) is 0 Å². The van der Waals surface area contributed by atoms with E-state index in [1.807, 2.05) is 21.1 Å². The Bertz CT molecular complexity index is 1640. The first-order valence-electron chi connectivity index (χ1n) is 41.6. The van der Waals surface area contributed by atoms with Crippen LogP contribution in [0.5, 0.6) is 0 Å². The minimum atomic E-state index is -1.62. The van der Waals surface area contributed by atoms with Crippen molar-refractivity contribution < 1.29 is 42.9 Å². The fourth-order valence-corrected chi connectivity index (χ4v) is 12.8. The number of carboxylic acids is 1. The summed E-state index contributed by atoms with van der Waals surface area (Å²) >= 11 is 0. The molecule has 0 heterocycles. The third-order valence-corrected chi connectivity index (χ3v) is 19.1. The maximum Gasteiger partial charge on any atom is 0.306 e. The molecule has 0 N–H and O–H groups in total. The number of nitrogens with zero attached hydrogens (tertiary/aromatic N) is 1. The molecule has 94 heavy (non-hydrogen) atoms. The van der Waals surface area contributed by atoms with Crippen LogP contribution in [0.25, 0.3) is 0 Å². The Morgan fingerprint density at radius 2 is 0.574 bits per heavy atom. The summed E-state index contributed by atoms with van der Waals surface area (Å²) in [6.45, 7) is 4.83. The van der Waals surface area contributed by atoms with Crippen LogP contribution in [-0.2, 0) is 33.3 Å². The maximum absolute atomic E-state index is 13.0. The van der Waals surface area contributed by atoms with Gasteiger partial charge in [0.1, 0.15) is 13.2 Å². The number of rotatable bonds is 79. The van der Waals surface area contributed by atoms with Crippen LogP contribution in [0, 0.1) is 0 Å². The zero-order valence-corrected chi connectivity index (χ0v) is 63.6. The molecule has 0 fully saturated rings. The average Bonchev–Trinajstić information content (AvgIpc) is 3.75. The molecule has 0 aliphatic rings. The van der Waals surface area contributed by atoms with Gasteiger partial charge in [-0.2, -0.15) is 0 Å². The van der Waals surface area contributed by atoms with E-state index in [2.05, 4.69) is 50.3 Å². The van der Waals surface area contributed by atoms with Crippen molar-refractivity contribution in [2.75, 3.05) is 47.5 Å². The van der Waals surface area contributed by atoms with E-state index in [0.29, 0.717) is 17.4 Å². The van der Waals surface area contributed by atoms with Gasteiger partial charge < -0.3 is 33.3 Å². The van der Waals surface area contributed by atoms with Crippen LogP contribution in [0.3, 0.4) is 0 Å². The summed E-state index contributed by atoms with van der Waals surface area (Å²) in [7, 11) is 5.96. The van der Waals surface area contributed by atoms with Crippen LogP contribution in [0.1, 0.15) is 431 Å². The van der Waals surface area contributed by atoms with Gasteiger partial charge in [-0.1, -0.05) is 403 Å². The molecule has 0 rings (SSSR count). The van der Waals surface area contributed by atoms with Crippen molar-refractivity contribution in [3.8, 4) is 0 Å². The van der Waals surface area contributed by atoms with E-state index < -0.39 is 24.3 Å². The van der Waals surface area contributed by atoms with Gasteiger partial charge in [0.15, 0.2) is 12.4 Å². The number of quaternary nitrogens is 1. The number of hydrogen-bond donors (Lipinski definition) is 0. The highest BCUT2D eigenvalue weighted by Gasteiger charge is 2.22. The molecule has 0 saturated carbocycles. The zero-order valence-electron chi connectivity index (χ0n) is 63.6. The highest BCUT2D eigenvalue weighted by Crippen LogP contribution is 2.20. The van der Waals surface area contributed by atoms with Crippen molar-refractivity contribution in [2.45, 2.75) is 444 Å². The second-order valence-corrected chi connectivity index (χ2v) is 29.8. The quantitative estimate of drug-likeness (QED) is 0.0195. The van der Waals surface area contributed by atoms with Crippen LogP contribution in [-0.4, -0.2) is 82.3 Å². The normalized spacial score (nSPS) is 12.7. The number of carbonyl (C=O) groups is 3. The molecule has 0 aliphatic carbocycles. The molecule has 2 unspecified atom stereocenters. The highest BCUT2D eigenvalue weighted by atomic mass is 16.7. The Labute approximate surface area is 585 Å². The molecule has 0 spiro atoms. The summed E-state index contributed by atoms with van der Waals surface area (Å²) in [6.07, 6.45) is 95.7. The zero-order chi connectivity index (χ0) is 68.2. The number of allylic oxidation sites excluding steroid dienone is 6. The Hall–Kier alpha value is -2.49. The number of carboxylic acid groups (broad SMARTS) is 1. The molecular weight excluding hydrogens is 1160 g/mol. The molecule has 554 valence electrons. The second-order valence-electron chi connectivity index (χ2n) is 29.8. The first kappa shape index (κ1) is 91.5. The van der Waals surface area contributed by atoms with Gasteiger partial charge in [-0.15, -0.1) is 0 Å². The Balaban J connectivity index is 3.95. The Kier molecular flexibility index (Phi) is 74.2. The third kappa shape index (κ3) is 76.9. The SMILES string of the molecule is CCCCCCC/C=C\C/C=C\C/C=C\CCCCCCCCCCCCCCCCCCCCCCCCC(=O)OC(COC(=O)CCCCCCCCCCCCCCCCCCCCCCCCCCCCCCCCCC)COC(OCC[N+](C)(C)C)C(=O)[O-]. The second kappa shape index (κ2) is 76.3. The molecule has 0 aromatic carbocycles. The molecule has 9 heteroatoms. The summed E-state index contributed by atoms with van der Waals surface area (Å²) in [5.41, 5.74) is 0. The minimum absolute atomic E-state index is 0.152. The predicted molar refractivity (Wildman–Crippen MR) is 403 cm³/mol. The van der Waals surface area contributed by atoms with E-state index in [-0.39, 0.29) is 32.2 Å². The fraction of sp³-hybridized carbons (Fsp3) is 0.894. The lowest BCUT2D eigenvalue weighted by atomic mass is 10.0. The van der Waals surface area contributed by atoms with Crippen molar-refractivity contribution >= 4 is 17.9 Å². The van der Waals surface area contributed by atoms with Gasteiger partial charge in [0.05, 0.1) is 40.3 Å². The average molecular weight is 1330 g/mol. The van der Waals surface area contributed by atoms with Gasteiger partial charge in [0.2, 0.25) is 0 Å². The van der Waals surface area contributed by atoms with Crippen molar-refractivity contribution in [3.63, 3.8) is 0 Å². The van der Waals surface area contributed by atoms with Crippen LogP contribution >= 0.6 is 0 Å². The number of esters is 2. The number of likely N-dealkylation sites (N-methyl/N-ethyl adjacent to an activating group) is 1. The topological polar surface area (TPSA) is 111 Å². The molecule has 0 aliphatic heterocycles. The van der Waals surface area contributed by atoms with Gasteiger partial charge >= 0.3 is 11.9 Å². The van der Waals surface area contributed by atoms with E-state index >= 15 is 0 Å². The molecule has 0 aromatic rings. The molecule has 0 aromatic heterocycles. The van der Waals surface area contributed by atoms with Crippen LogP contribution < -0.4 is 5.11 Å². The molecule has 0 bridgehead atoms. The van der Waals surface area contributed by atoms with E-state index in [1.54, 1.807) is 0 Å². The molecule has 0 amide bonds. The maximum atomic E-state index is 13.0. The van der Waals surface area contributed by atoms with Gasteiger partial charge in [-0.25, -0.2) is 0 Å². The third-order valence-electron chi connectivity index (χ3n) is 19.1. The van der Waals surface area contributed by atoms with Gasteiger partial charge in [0, 0.05) is 12.8 Å². The lowest BCUT2D eigenvalue weighted by Crippen LogP contribution is -2.44. The number of ether oxygens (including phenoxy) is 4. The molecule has 2 atom stereocenters. The smallest absolute Gasteiger partial charge is 0.306 e. The largest absolute Gasteiger partial charge is 0.545 e. The molecule has 9 nitrogen and oxygen atoms in total. The number of aliphatic carboxylic acids is 1. The minimum Gasteiger partial charge on any atom is -0.545 e. The fourth-order valence-electron chi connectivity index (χ4n) is 12.8. The molecule has 0 saturated heterocycles. The van der Waals surface area contributed by atoms with Crippen LogP contribution in [0.4, 0.5) is 0 Å². The van der Waals surface area contributed by atoms with Crippen LogP contribution in [0.15, 0.2) is 36.5 Å². The Morgan fingerprint density at radius 3 is 0.851 bits per heavy atom. The standard InChI is InChI=1S/C85H161NO8/c1-6-8-10-12-14-16-18-20-22-24-26-28-30-32-34-36-38-40-41-42-43-44-46-48-50-52-54-56-58-60-62-64-66-68-70-72-74-76-83(88)94-81(80-93-85(84(89)90)91-78-77-86(3,4)5)79-92-82(87)75-73-71-69-67-65-63-61-59-57-55-53-51-49-47-45-39-37-35-33-31-29-27-25-23-21-19-17-15-13-11-9-7-2/h18,20,24,26,30,32,81,85H,6-17,19,21-23,25,27-29,31,33-80H2,1-5H3/b20-18-,26-24-,32-30-. The van der Waals surface area contributed by atoms with E-state index in [4.69, 9.17) is 18.9 Å². The van der Waals surface area contributed by atoms with Crippen molar-refractivity contribution in [1.82, 2.24) is 0 Å². The van der Waals surface area contributed by atoms with Crippen molar-refractivity contribution in [1.29, 1.82) is 0 Å². The Morgan fingerprint density at radius 1 is 0.319 bits per heavy atom. The molecular formula is C85H161NO8. The predicted octanol–water partition coefficient (Wildman–Crippen LogP) is 25.3. The van der Waals surface area contributed by atoms with Crippen molar-refractivity contribution in [2.24, 2.45) is 0 Å². The summed E-state index contributed by atoms with van der Waals surface area (Å²) in [5.74, 6) is -2.25.